The Hall–Kier alpha value is -1.59. The van der Waals surface area contributed by atoms with Crippen molar-refractivity contribution in [1.82, 2.24) is 14.7 Å². The first-order valence-electron chi connectivity index (χ1n) is 7.15. The third-order valence-corrected chi connectivity index (χ3v) is 4.15. The highest BCUT2D eigenvalue weighted by Gasteiger charge is 2.36. The second-order valence-corrected chi connectivity index (χ2v) is 5.49. The number of piperazine rings is 2. The molecule has 2 saturated heterocycles. The molecule has 108 valence electrons. The Balaban J connectivity index is 1.56. The molecular formula is C15H21N3O2. The van der Waals surface area contributed by atoms with Crippen LogP contribution in [0.4, 0.5) is 0 Å². The quantitative estimate of drug-likeness (QED) is 0.816. The predicted octanol–water partition coefficient (Wildman–Crippen LogP) is 0.751. The van der Waals surface area contributed by atoms with Gasteiger partial charge in [0.25, 0.3) is 0 Å². The van der Waals surface area contributed by atoms with Gasteiger partial charge in [0, 0.05) is 46.3 Å². The number of carbonyl (C=O) groups excluding carboxylic acids is 1. The molecule has 0 spiro atoms. The van der Waals surface area contributed by atoms with Crippen LogP contribution in [-0.4, -0.2) is 73.0 Å². The van der Waals surface area contributed by atoms with Gasteiger partial charge in [0.1, 0.15) is 11.8 Å². The van der Waals surface area contributed by atoms with E-state index in [1.165, 1.54) is 0 Å². The second kappa shape index (κ2) is 5.81. The van der Waals surface area contributed by atoms with E-state index in [4.69, 9.17) is 4.42 Å². The predicted molar refractivity (Wildman–Crippen MR) is 77.2 cm³/mol. The largest absolute Gasteiger partial charge is 0.465 e. The number of likely N-dealkylation sites (N-methyl/N-ethyl adjacent to an activating group) is 1. The van der Waals surface area contributed by atoms with Crippen LogP contribution >= 0.6 is 0 Å². The van der Waals surface area contributed by atoms with Gasteiger partial charge in [-0.25, -0.2) is 0 Å². The van der Waals surface area contributed by atoms with Gasteiger partial charge in [-0.1, -0.05) is 6.08 Å². The van der Waals surface area contributed by atoms with E-state index in [0.29, 0.717) is 0 Å². The molecule has 1 atom stereocenters. The molecule has 2 aliphatic heterocycles. The number of fused-ring (bicyclic) bond motifs is 1. The van der Waals surface area contributed by atoms with E-state index in [1.54, 1.807) is 6.26 Å². The Bertz CT molecular complexity index is 483. The third kappa shape index (κ3) is 2.78. The fraction of sp³-hybridized carbons (Fsp3) is 0.533. The summed E-state index contributed by atoms with van der Waals surface area (Å²) in [5.74, 6) is 1.13. The molecule has 1 aromatic heterocycles. The van der Waals surface area contributed by atoms with E-state index in [9.17, 15) is 4.79 Å². The van der Waals surface area contributed by atoms with Crippen molar-refractivity contribution in [2.24, 2.45) is 0 Å². The molecule has 0 radical (unpaired) electrons. The zero-order valence-electron chi connectivity index (χ0n) is 11.9. The molecular weight excluding hydrogens is 254 g/mol. The molecule has 0 bridgehead atoms. The summed E-state index contributed by atoms with van der Waals surface area (Å²) in [5, 5.41) is 0. The Labute approximate surface area is 119 Å². The first-order chi connectivity index (χ1) is 9.74. The van der Waals surface area contributed by atoms with Crippen LogP contribution in [0.1, 0.15) is 5.76 Å². The van der Waals surface area contributed by atoms with Gasteiger partial charge in [0.2, 0.25) is 5.91 Å². The van der Waals surface area contributed by atoms with Gasteiger partial charge in [-0.15, -0.1) is 0 Å². The minimum Gasteiger partial charge on any atom is -0.465 e. The number of hydrogen-bond acceptors (Lipinski definition) is 4. The monoisotopic (exact) mass is 275 g/mol. The third-order valence-electron chi connectivity index (χ3n) is 4.15. The van der Waals surface area contributed by atoms with Gasteiger partial charge in [-0.05, 0) is 18.2 Å². The van der Waals surface area contributed by atoms with Crippen LogP contribution in [-0.2, 0) is 4.79 Å². The molecule has 0 aliphatic carbocycles. The van der Waals surface area contributed by atoms with E-state index in [0.717, 1.165) is 45.0 Å². The average Bonchev–Trinajstić information content (AvgIpc) is 2.97. The zero-order chi connectivity index (χ0) is 13.9. The normalized spacial score (nSPS) is 25.4. The number of furan rings is 1. The summed E-state index contributed by atoms with van der Waals surface area (Å²) in [6.45, 7) is 5.55. The Kier molecular flexibility index (Phi) is 3.89. The number of nitrogens with zero attached hydrogens (tertiary/aromatic N) is 3. The lowest BCUT2D eigenvalue weighted by atomic mass is 10.1. The highest BCUT2D eigenvalue weighted by atomic mass is 16.3. The number of carbonyl (C=O) groups is 1. The summed E-state index contributed by atoms with van der Waals surface area (Å²) >= 11 is 0. The van der Waals surface area contributed by atoms with Crippen LogP contribution in [0.15, 0.2) is 28.9 Å². The van der Waals surface area contributed by atoms with Crippen LogP contribution < -0.4 is 0 Å². The summed E-state index contributed by atoms with van der Waals surface area (Å²) in [6, 6.07) is 3.86. The maximum Gasteiger partial charge on any atom is 0.241 e. The van der Waals surface area contributed by atoms with Gasteiger partial charge >= 0.3 is 0 Å². The second-order valence-electron chi connectivity index (χ2n) is 5.49. The van der Waals surface area contributed by atoms with Gasteiger partial charge in [-0.2, -0.15) is 0 Å². The summed E-state index contributed by atoms with van der Waals surface area (Å²) in [7, 11) is 1.90. The minimum atomic E-state index is 0.0412. The van der Waals surface area contributed by atoms with Gasteiger partial charge in [0.15, 0.2) is 0 Å². The zero-order valence-corrected chi connectivity index (χ0v) is 11.9. The molecule has 0 aromatic carbocycles. The fourth-order valence-corrected chi connectivity index (χ4v) is 2.89. The summed E-state index contributed by atoms with van der Waals surface area (Å²) in [5.41, 5.74) is 0. The minimum absolute atomic E-state index is 0.0412. The van der Waals surface area contributed by atoms with Crippen molar-refractivity contribution in [3.8, 4) is 0 Å². The number of rotatable bonds is 3. The number of amides is 1. The molecule has 1 aromatic rings. The Morgan fingerprint density at radius 1 is 1.35 bits per heavy atom. The lowest BCUT2D eigenvalue weighted by molar-refractivity contribution is -0.143. The van der Waals surface area contributed by atoms with Crippen molar-refractivity contribution in [3.05, 3.63) is 30.2 Å². The molecule has 1 amide bonds. The topological polar surface area (TPSA) is 39.9 Å². The van der Waals surface area contributed by atoms with Crippen molar-refractivity contribution in [2.75, 3.05) is 46.3 Å². The van der Waals surface area contributed by atoms with Crippen LogP contribution in [0.3, 0.4) is 0 Å². The molecule has 2 fully saturated rings. The van der Waals surface area contributed by atoms with Crippen LogP contribution in [0.2, 0.25) is 0 Å². The molecule has 3 rings (SSSR count). The SMILES string of the molecule is CN1CCN2CCN(C/C=C/c3ccco3)C[C@H]2C1=O. The van der Waals surface area contributed by atoms with Crippen molar-refractivity contribution < 1.29 is 9.21 Å². The van der Waals surface area contributed by atoms with Gasteiger partial charge in [-0.3, -0.25) is 14.6 Å². The molecule has 0 saturated carbocycles. The Morgan fingerprint density at radius 2 is 2.20 bits per heavy atom. The molecule has 20 heavy (non-hydrogen) atoms. The van der Waals surface area contributed by atoms with Crippen molar-refractivity contribution in [2.45, 2.75) is 6.04 Å². The van der Waals surface area contributed by atoms with E-state index in [1.807, 2.05) is 30.2 Å². The van der Waals surface area contributed by atoms with E-state index in [-0.39, 0.29) is 11.9 Å². The first kappa shape index (κ1) is 13.4. The van der Waals surface area contributed by atoms with E-state index in [2.05, 4.69) is 15.9 Å². The highest BCUT2D eigenvalue weighted by molar-refractivity contribution is 5.82. The summed E-state index contributed by atoms with van der Waals surface area (Å²) in [4.78, 5) is 18.7. The van der Waals surface area contributed by atoms with Crippen molar-refractivity contribution in [1.29, 1.82) is 0 Å². The lowest BCUT2D eigenvalue weighted by Gasteiger charge is -2.45. The smallest absolute Gasteiger partial charge is 0.241 e. The van der Waals surface area contributed by atoms with Crippen molar-refractivity contribution >= 4 is 12.0 Å². The summed E-state index contributed by atoms with van der Waals surface area (Å²) < 4.78 is 5.27. The van der Waals surface area contributed by atoms with E-state index < -0.39 is 0 Å². The molecule has 3 heterocycles. The van der Waals surface area contributed by atoms with E-state index >= 15 is 0 Å². The summed E-state index contributed by atoms with van der Waals surface area (Å²) in [6.07, 6.45) is 5.77. The van der Waals surface area contributed by atoms with Crippen molar-refractivity contribution in [3.63, 3.8) is 0 Å². The maximum absolute atomic E-state index is 12.2. The maximum atomic E-state index is 12.2. The standard InChI is InChI=1S/C15H21N3O2/c1-16-7-9-18-10-8-17(12-14(18)15(16)19)6-2-4-13-5-3-11-20-13/h2-5,11,14H,6-10,12H2,1H3/b4-2+/t14-/m0/s1. The number of hydrogen-bond donors (Lipinski definition) is 0. The fourth-order valence-electron chi connectivity index (χ4n) is 2.89. The van der Waals surface area contributed by atoms with Gasteiger partial charge in [0.05, 0.1) is 6.26 Å². The first-order valence-corrected chi connectivity index (χ1v) is 7.15. The lowest BCUT2D eigenvalue weighted by Crippen LogP contribution is -2.63. The average molecular weight is 275 g/mol. The molecule has 5 nitrogen and oxygen atoms in total. The highest BCUT2D eigenvalue weighted by Crippen LogP contribution is 2.16. The molecule has 2 aliphatic rings. The van der Waals surface area contributed by atoms with Gasteiger partial charge < -0.3 is 9.32 Å². The molecule has 0 N–H and O–H groups in total. The molecule has 0 unspecified atom stereocenters. The van der Waals surface area contributed by atoms with Crippen LogP contribution in [0, 0.1) is 0 Å². The molecule has 5 heteroatoms. The van der Waals surface area contributed by atoms with Crippen LogP contribution in [0.5, 0.6) is 0 Å². The Morgan fingerprint density at radius 3 is 3.00 bits per heavy atom. The van der Waals surface area contributed by atoms with Crippen LogP contribution in [0.25, 0.3) is 6.08 Å².